The summed E-state index contributed by atoms with van der Waals surface area (Å²) < 4.78 is 48.2. The van der Waals surface area contributed by atoms with E-state index in [2.05, 4.69) is 5.32 Å². The number of rotatable bonds is 9. The molecular formula is C22H22F3NO7. The highest BCUT2D eigenvalue weighted by atomic mass is 19.4. The standard InChI is InChI=1S/C22H22F3NO7/c1-2-15(26-11-16(27)13-4-6-14(7-5-13)22(23,24)25)9-12-3-8-17-18(10-12)33-21(32-17,19(28)29)20(30)31/h3-8,10,15-16,26-27H,2,9,11H2,1H3,(H,28,29)(H,30,31). The molecule has 8 nitrogen and oxygen atoms in total. The molecule has 0 saturated heterocycles. The minimum absolute atomic E-state index is 0.0118. The predicted molar refractivity (Wildman–Crippen MR) is 108 cm³/mol. The van der Waals surface area contributed by atoms with Gasteiger partial charge in [-0.2, -0.15) is 13.2 Å². The van der Waals surface area contributed by atoms with Crippen molar-refractivity contribution < 1.29 is 47.6 Å². The molecular weight excluding hydrogens is 447 g/mol. The number of halogens is 3. The van der Waals surface area contributed by atoms with Gasteiger partial charge in [-0.3, -0.25) is 0 Å². The third kappa shape index (κ3) is 5.20. The van der Waals surface area contributed by atoms with Crippen molar-refractivity contribution in [2.45, 2.75) is 43.9 Å². The predicted octanol–water partition coefficient (Wildman–Crippen LogP) is 2.99. The first kappa shape index (κ1) is 24.3. The van der Waals surface area contributed by atoms with Crippen molar-refractivity contribution in [3.8, 4) is 11.5 Å². The molecule has 0 radical (unpaired) electrons. The number of nitrogens with one attached hydrogen (secondary N) is 1. The molecule has 11 heteroatoms. The van der Waals surface area contributed by atoms with Crippen LogP contribution in [0.3, 0.4) is 0 Å². The summed E-state index contributed by atoms with van der Waals surface area (Å²) in [5.41, 5.74) is 0.245. The average molecular weight is 469 g/mol. The Morgan fingerprint density at radius 2 is 1.64 bits per heavy atom. The van der Waals surface area contributed by atoms with Gasteiger partial charge in [-0.1, -0.05) is 25.1 Å². The molecule has 4 N–H and O–H groups in total. The summed E-state index contributed by atoms with van der Waals surface area (Å²) in [6.45, 7) is 1.99. The Kier molecular flexibility index (Phi) is 6.84. The molecule has 2 atom stereocenters. The zero-order valence-corrected chi connectivity index (χ0v) is 17.4. The fourth-order valence-electron chi connectivity index (χ4n) is 3.38. The lowest BCUT2D eigenvalue weighted by atomic mass is 10.0. The Labute approximate surface area is 186 Å². The smallest absolute Gasteiger partial charge is 0.453 e. The van der Waals surface area contributed by atoms with Crippen LogP contribution in [0.2, 0.25) is 0 Å². The first-order valence-electron chi connectivity index (χ1n) is 10.0. The van der Waals surface area contributed by atoms with E-state index in [1.165, 1.54) is 24.3 Å². The van der Waals surface area contributed by atoms with Crippen LogP contribution in [0.4, 0.5) is 13.2 Å². The van der Waals surface area contributed by atoms with Crippen LogP contribution in [0.25, 0.3) is 0 Å². The molecule has 2 aromatic rings. The summed E-state index contributed by atoms with van der Waals surface area (Å²) >= 11 is 0. The van der Waals surface area contributed by atoms with E-state index in [-0.39, 0.29) is 24.1 Å². The first-order chi connectivity index (χ1) is 15.5. The van der Waals surface area contributed by atoms with Crippen molar-refractivity contribution in [2.75, 3.05) is 6.54 Å². The molecule has 0 fully saturated rings. The van der Waals surface area contributed by atoms with Gasteiger partial charge in [-0.15, -0.1) is 0 Å². The van der Waals surface area contributed by atoms with Gasteiger partial charge in [0.15, 0.2) is 11.5 Å². The van der Waals surface area contributed by atoms with Gasteiger partial charge in [0.05, 0.1) is 11.7 Å². The van der Waals surface area contributed by atoms with Gasteiger partial charge in [0.1, 0.15) is 0 Å². The van der Waals surface area contributed by atoms with Crippen molar-refractivity contribution in [2.24, 2.45) is 0 Å². The fourth-order valence-corrected chi connectivity index (χ4v) is 3.38. The highest BCUT2D eigenvalue weighted by Crippen LogP contribution is 2.40. The summed E-state index contributed by atoms with van der Waals surface area (Å²) in [5.74, 6) is -6.45. The molecule has 2 unspecified atom stereocenters. The Balaban J connectivity index is 1.62. The maximum absolute atomic E-state index is 12.7. The van der Waals surface area contributed by atoms with E-state index >= 15 is 0 Å². The fraction of sp³-hybridized carbons (Fsp3) is 0.364. The van der Waals surface area contributed by atoms with E-state index in [0.717, 1.165) is 12.1 Å². The third-order valence-electron chi connectivity index (χ3n) is 5.28. The van der Waals surface area contributed by atoms with Crippen molar-refractivity contribution in [3.63, 3.8) is 0 Å². The number of alkyl halides is 3. The highest BCUT2D eigenvalue weighted by molar-refractivity contribution is 6.01. The van der Waals surface area contributed by atoms with E-state index in [1.54, 1.807) is 6.07 Å². The van der Waals surface area contributed by atoms with Crippen molar-refractivity contribution in [1.29, 1.82) is 0 Å². The molecule has 0 aliphatic carbocycles. The van der Waals surface area contributed by atoms with E-state index in [9.17, 15) is 38.1 Å². The maximum atomic E-state index is 12.7. The molecule has 0 spiro atoms. The van der Waals surface area contributed by atoms with Crippen LogP contribution in [0.1, 0.15) is 36.1 Å². The van der Waals surface area contributed by atoms with E-state index in [0.29, 0.717) is 24.0 Å². The summed E-state index contributed by atoms with van der Waals surface area (Å²) in [6, 6.07) is 8.68. The summed E-state index contributed by atoms with van der Waals surface area (Å²) in [4.78, 5) is 22.7. The molecule has 1 heterocycles. The van der Waals surface area contributed by atoms with Crippen LogP contribution < -0.4 is 14.8 Å². The van der Waals surface area contributed by atoms with E-state index in [1.807, 2.05) is 6.92 Å². The molecule has 1 aliphatic heterocycles. The largest absolute Gasteiger partial charge is 0.475 e. The molecule has 0 bridgehead atoms. The second kappa shape index (κ2) is 9.28. The monoisotopic (exact) mass is 469 g/mol. The van der Waals surface area contributed by atoms with Crippen molar-refractivity contribution in [3.05, 3.63) is 59.2 Å². The molecule has 3 rings (SSSR count). The van der Waals surface area contributed by atoms with Crippen molar-refractivity contribution in [1.82, 2.24) is 5.32 Å². The van der Waals surface area contributed by atoms with Gasteiger partial charge in [-0.05, 0) is 48.2 Å². The lowest BCUT2D eigenvalue weighted by Crippen LogP contribution is -2.54. The molecule has 178 valence electrons. The number of fused-ring (bicyclic) bond motifs is 1. The first-order valence-corrected chi connectivity index (χ1v) is 10.0. The highest BCUT2D eigenvalue weighted by Gasteiger charge is 2.57. The van der Waals surface area contributed by atoms with Crippen LogP contribution in [-0.4, -0.2) is 45.6 Å². The minimum atomic E-state index is -4.45. The third-order valence-corrected chi connectivity index (χ3v) is 5.28. The number of hydrogen-bond acceptors (Lipinski definition) is 6. The zero-order chi connectivity index (χ0) is 24.4. The molecule has 1 aliphatic rings. The van der Waals surface area contributed by atoms with E-state index < -0.39 is 35.6 Å². The molecule has 0 amide bonds. The Bertz CT molecular complexity index is 1010. The molecule has 2 aromatic carbocycles. The number of benzene rings is 2. The van der Waals surface area contributed by atoms with Crippen LogP contribution in [0, 0.1) is 0 Å². The van der Waals surface area contributed by atoms with Crippen LogP contribution in [0.5, 0.6) is 11.5 Å². The van der Waals surface area contributed by atoms with Gasteiger partial charge >= 0.3 is 23.9 Å². The summed E-state index contributed by atoms with van der Waals surface area (Å²) in [6.07, 6.45) is -4.40. The SMILES string of the molecule is CCC(Cc1ccc2c(c1)OC(C(=O)O)(C(=O)O)O2)NCC(O)c1ccc(C(F)(F)F)cc1. The lowest BCUT2D eigenvalue weighted by molar-refractivity contribution is -0.194. The quantitative estimate of drug-likeness (QED) is 0.413. The number of aliphatic hydroxyl groups is 1. The topological polar surface area (TPSA) is 125 Å². The number of aliphatic carboxylic acids is 2. The molecule has 33 heavy (non-hydrogen) atoms. The second-order valence-corrected chi connectivity index (χ2v) is 7.57. The summed E-state index contributed by atoms with van der Waals surface area (Å²) in [7, 11) is 0. The van der Waals surface area contributed by atoms with Gasteiger partial charge in [0.25, 0.3) is 0 Å². The number of carbonyl (C=O) groups is 2. The number of carboxylic acid groups (broad SMARTS) is 2. The average Bonchev–Trinajstić information content (AvgIpc) is 3.16. The number of ether oxygens (including phenoxy) is 2. The number of carboxylic acids is 2. The zero-order valence-electron chi connectivity index (χ0n) is 17.4. The Morgan fingerprint density at radius 3 is 2.18 bits per heavy atom. The van der Waals surface area contributed by atoms with Crippen LogP contribution >= 0.6 is 0 Å². The van der Waals surface area contributed by atoms with Crippen LogP contribution in [0.15, 0.2) is 42.5 Å². The van der Waals surface area contributed by atoms with Crippen LogP contribution in [-0.2, 0) is 22.2 Å². The Hall–Kier alpha value is -3.31. The van der Waals surface area contributed by atoms with Crippen molar-refractivity contribution >= 4 is 11.9 Å². The van der Waals surface area contributed by atoms with Gasteiger partial charge in [0, 0.05) is 12.6 Å². The number of hydrogen-bond donors (Lipinski definition) is 4. The molecule has 0 aromatic heterocycles. The Morgan fingerprint density at radius 1 is 1.03 bits per heavy atom. The van der Waals surface area contributed by atoms with Gasteiger partial charge < -0.3 is 30.1 Å². The maximum Gasteiger partial charge on any atom is 0.453 e. The minimum Gasteiger partial charge on any atom is -0.475 e. The molecule has 0 saturated carbocycles. The normalized spacial score (nSPS) is 16.3. The number of aliphatic hydroxyl groups excluding tert-OH is 1. The van der Waals surface area contributed by atoms with E-state index in [4.69, 9.17) is 9.47 Å². The second-order valence-electron chi connectivity index (χ2n) is 7.57. The lowest BCUT2D eigenvalue weighted by Gasteiger charge is -2.20. The van der Waals surface area contributed by atoms with Gasteiger partial charge in [-0.25, -0.2) is 9.59 Å². The summed E-state index contributed by atoms with van der Waals surface area (Å²) in [5, 5.41) is 31.9. The van der Waals surface area contributed by atoms with Gasteiger partial charge in [0.2, 0.25) is 0 Å².